The lowest BCUT2D eigenvalue weighted by molar-refractivity contribution is -0.327. The van der Waals surface area contributed by atoms with E-state index in [-0.39, 0.29) is 37.2 Å². The van der Waals surface area contributed by atoms with Crippen molar-refractivity contribution in [1.29, 1.82) is 0 Å². The van der Waals surface area contributed by atoms with Gasteiger partial charge in [-0.2, -0.15) is 0 Å². The van der Waals surface area contributed by atoms with E-state index in [4.69, 9.17) is 33.2 Å². The zero-order valence-electron chi connectivity index (χ0n) is 34.3. The molecule has 53 heavy (non-hydrogen) atoms. The van der Waals surface area contributed by atoms with E-state index in [9.17, 15) is 35.1 Å². The molecule has 3 fully saturated rings. The molecular weight excluding hydrogens is 694 g/mol. The molecule has 18 atom stereocenters. The molecule has 0 spiro atoms. The minimum atomic E-state index is -2.47. The molecule has 0 amide bonds. The fraction of sp³-hybridized carbons (Fsp3) is 0.947. The third kappa shape index (κ3) is 9.45. The number of esters is 1. The van der Waals surface area contributed by atoms with Crippen molar-refractivity contribution in [1.82, 2.24) is 4.90 Å². The van der Waals surface area contributed by atoms with E-state index in [0.717, 1.165) is 0 Å². The van der Waals surface area contributed by atoms with Gasteiger partial charge in [-0.15, -0.1) is 0 Å². The topological polar surface area (TPSA) is 203 Å². The molecule has 3 heterocycles. The molecule has 15 heteroatoms. The highest BCUT2D eigenvalue weighted by Crippen LogP contribution is 2.42. The molecule has 0 bridgehead atoms. The number of likely N-dealkylation sites (N-methyl/N-ethyl adjacent to an activating group) is 1. The second kappa shape index (κ2) is 17.4. The van der Waals surface area contributed by atoms with Crippen LogP contribution in [-0.4, -0.2) is 160 Å². The summed E-state index contributed by atoms with van der Waals surface area (Å²) in [6.07, 6.45) is -10.6. The van der Waals surface area contributed by atoms with Crippen LogP contribution in [0.15, 0.2) is 0 Å². The van der Waals surface area contributed by atoms with E-state index in [0.29, 0.717) is 6.42 Å². The number of nitrogens with zero attached hydrogens (tertiary/aromatic N) is 1. The van der Waals surface area contributed by atoms with E-state index in [1.54, 1.807) is 41.5 Å². The molecule has 0 saturated carbocycles. The van der Waals surface area contributed by atoms with Gasteiger partial charge in [0.1, 0.15) is 35.8 Å². The van der Waals surface area contributed by atoms with E-state index in [1.807, 2.05) is 25.9 Å². The van der Waals surface area contributed by atoms with Gasteiger partial charge in [-0.1, -0.05) is 27.7 Å². The Balaban J connectivity index is 2.27. The fourth-order valence-corrected chi connectivity index (χ4v) is 8.61. The number of aliphatic hydroxyl groups is 5. The van der Waals surface area contributed by atoms with Gasteiger partial charge >= 0.3 is 5.97 Å². The maximum atomic E-state index is 14.2. The highest BCUT2D eigenvalue weighted by Gasteiger charge is 2.57. The van der Waals surface area contributed by atoms with Crippen molar-refractivity contribution in [2.75, 3.05) is 28.3 Å². The Morgan fingerprint density at radius 3 is 1.94 bits per heavy atom. The van der Waals surface area contributed by atoms with Crippen LogP contribution >= 0.6 is 0 Å². The van der Waals surface area contributed by atoms with Gasteiger partial charge in [0.05, 0.1) is 35.6 Å². The Kier molecular flexibility index (Phi) is 15.1. The Bertz CT molecular complexity index is 1230. The number of hydrogen-bond donors (Lipinski definition) is 5. The number of aliphatic hydroxyl groups excluding tert-OH is 3. The summed E-state index contributed by atoms with van der Waals surface area (Å²) < 4.78 is 43.3. The second-order valence-electron chi connectivity index (χ2n) is 16.9. The van der Waals surface area contributed by atoms with Crippen LogP contribution in [0.1, 0.15) is 94.9 Å². The zero-order valence-corrected chi connectivity index (χ0v) is 34.3. The second-order valence-corrected chi connectivity index (χ2v) is 16.9. The van der Waals surface area contributed by atoms with Crippen molar-refractivity contribution in [3.63, 3.8) is 0 Å². The quantitative estimate of drug-likeness (QED) is 0.223. The van der Waals surface area contributed by atoms with Crippen molar-refractivity contribution in [2.24, 2.45) is 17.8 Å². The first-order valence-electron chi connectivity index (χ1n) is 18.9. The first-order chi connectivity index (χ1) is 24.3. The molecule has 0 aliphatic carbocycles. The zero-order chi connectivity index (χ0) is 40.6. The third-order valence-electron chi connectivity index (χ3n) is 12.3. The van der Waals surface area contributed by atoms with Gasteiger partial charge in [0.15, 0.2) is 18.2 Å². The lowest BCUT2D eigenvalue weighted by Gasteiger charge is -2.50. The Morgan fingerprint density at radius 1 is 0.830 bits per heavy atom. The van der Waals surface area contributed by atoms with Gasteiger partial charge in [0, 0.05) is 44.4 Å². The minimum absolute atomic E-state index is 0.00478. The standard InChI is InChI=1S/C38H69NO14/c1-15-25-37(9,45)29(42)21(4)27(40)19(2)17-36(8,48-14)31(53-33-28(41)24(39(11)12)16-20(3)49-33)22(5)32(38(10,46)34(44)51-25)52-26-18-35(7,47-13)30(43)23(6)50-26/h19-26,28-33,41-43,45-46H,15-18H2,1-14H3. The van der Waals surface area contributed by atoms with Crippen LogP contribution in [0.2, 0.25) is 0 Å². The molecular formula is C38H69NO14. The highest BCUT2D eigenvalue weighted by atomic mass is 16.7. The average Bonchev–Trinajstić information content (AvgIpc) is 3.09. The van der Waals surface area contributed by atoms with E-state index >= 15 is 0 Å². The molecule has 0 radical (unpaired) electrons. The Morgan fingerprint density at radius 2 is 1.42 bits per heavy atom. The number of rotatable bonds is 8. The molecule has 3 aliphatic rings. The SMILES string of the molecule is CCC1OC(=O)C(C)(O)C(OC2CC(C)(OC)C(O)C(C)O2)C(C)C(OC2OC(C)CC(N(C)C)C2O)C(C)(OC)CC(C)C(=O)C(C)C(O)C1(C)O. The van der Waals surface area contributed by atoms with Gasteiger partial charge < -0.3 is 63.6 Å². The molecule has 3 rings (SSSR count). The number of Topliss-reactive ketones (excluding diaryl/α,β-unsaturated/α-hetero) is 1. The molecule has 18 unspecified atom stereocenters. The first kappa shape index (κ1) is 46.0. The number of hydrogen-bond acceptors (Lipinski definition) is 15. The number of ether oxygens (including phenoxy) is 7. The van der Waals surface area contributed by atoms with Gasteiger partial charge in [-0.3, -0.25) is 4.79 Å². The number of ketones is 1. The van der Waals surface area contributed by atoms with Gasteiger partial charge in [0.25, 0.3) is 0 Å². The summed E-state index contributed by atoms with van der Waals surface area (Å²) in [7, 11) is 6.59. The van der Waals surface area contributed by atoms with Crippen molar-refractivity contribution in [3.05, 3.63) is 0 Å². The summed E-state index contributed by atoms with van der Waals surface area (Å²) in [4.78, 5) is 30.1. The lowest BCUT2D eigenvalue weighted by atomic mass is 9.73. The molecule has 0 aromatic heterocycles. The predicted octanol–water partition coefficient (Wildman–Crippen LogP) is 1.55. The monoisotopic (exact) mass is 763 g/mol. The summed E-state index contributed by atoms with van der Waals surface area (Å²) in [6, 6.07) is -0.339. The van der Waals surface area contributed by atoms with Crippen LogP contribution in [0.4, 0.5) is 0 Å². The largest absolute Gasteiger partial charge is 0.457 e. The van der Waals surface area contributed by atoms with Crippen molar-refractivity contribution in [2.45, 2.75) is 185 Å². The molecule has 3 saturated heterocycles. The normalized spacial score (nSPS) is 49.7. The predicted molar refractivity (Wildman–Crippen MR) is 193 cm³/mol. The fourth-order valence-electron chi connectivity index (χ4n) is 8.61. The molecule has 0 aromatic carbocycles. The summed E-state index contributed by atoms with van der Waals surface area (Å²) >= 11 is 0. The number of methoxy groups -OCH3 is 2. The average molecular weight is 764 g/mol. The van der Waals surface area contributed by atoms with Crippen LogP contribution in [0.25, 0.3) is 0 Å². The molecule has 3 aliphatic heterocycles. The van der Waals surface area contributed by atoms with Crippen LogP contribution in [-0.2, 0) is 42.7 Å². The van der Waals surface area contributed by atoms with Crippen LogP contribution in [0.3, 0.4) is 0 Å². The summed E-state index contributed by atoms with van der Waals surface area (Å²) in [6.45, 7) is 16.0. The summed E-state index contributed by atoms with van der Waals surface area (Å²) in [5.41, 5.74) is -7.07. The Hall–Kier alpha value is -1.34. The van der Waals surface area contributed by atoms with Crippen molar-refractivity contribution >= 4 is 11.8 Å². The molecule has 0 aromatic rings. The first-order valence-corrected chi connectivity index (χ1v) is 18.9. The smallest absolute Gasteiger partial charge is 0.340 e. The van der Waals surface area contributed by atoms with Crippen molar-refractivity contribution < 1.29 is 68.3 Å². The molecule has 15 nitrogen and oxygen atoms in total. The van der Waals surface area contributed by atoms with E-state index in [1.165, 1.54) is 35.0 Å². The van der Waals surface area contributed by atoms with Crippen LogP contribution in [0, 0.1) is 17.8 Å². The minimum Gasteiger partial charge on any atom is -0.457 e. The lowest BCUT2D eigenvalue weighted by Crippen LogP contribution is -2.64. The summed E-state index contributed by atoms with van der Waals surface area (Å²) in [5.74, 6) is -4.40. The van der Waals surface area contributed by atoms with E-state index in [2.05, 4.69) is 0 Å². The number of carbonyl (C=O) groups excluding carboxylic acids is 2. The highest BCUT2D eigenvalue weighted by molar-refractivity contribution is 5.83. The molecule has 310 valence electrons. The Labute approximate surface area is 315 Å². The van der Waals surface area contributed by atoms with Gasteiger partial charge in [0.2, 0.25) is 0 Å². The summed E-state index contributed by atoms with van der Waals surface area (Å²) in [5, 5.41) is 57.9. The van der Waals surface area contributed by atoms with E-state index < -0.39 is 101 Å². The van der Waals surface area contributed by atoms with Gasteiger partial charge in [-0.05, 0) is 74.9 Å². The maximum Gasteiger partial charge on any atom is 0.340 e. The number of carbonyl (C=O) groups is 2. The van der Waals surface area contributed by atoms with Crippen molar-refractivity contribution in [3.8, 4) is 0 Å². The maximum absolute atomic E-state index is 14.2. The van der Waals surface area contributed by atoms with Crippen LogP contribution in [0.5, 0.6) is 0 Å². The van der Waals surface area contributed by atoms with Crippen LogP contribution < -0.4 is 0 Å². The van der Waals surface area contributed by atoms with Gasteiger partial charge in [-0.25, -0.2) is 4.79 Å². The molecule has 5 N–H and O–H groups in total. The number of cyclic esters (lactones) is 1. The third-order valence-corrected chi connectivity index (χ3v) is 12.3.